The highest BCUT2D eigenvalue weighted by molar-refractivity contribution is 9.23. The highest BCUT2D eigenvalue weighted by Gasteiger charge is 2.24. The summed E-state index contributed by atoms with van der Waals surface area (Å²) in [5.41, 5.74) is 2.50. The van der Waals surface area contributed by atoms with Gasteiger partial charge in [0.25, 0.3) is 0 Å². The average Bonchev–Trinajstić information content (AvgIpc) is 2.54. The van der Waals surface area contributed by atoms with Crippen LogP contribution in [0.25, 0.3) is 0 Å². The van der Waals surface area contributed by atoms with Crippen molar-refractivity contribution in [2.45, 2.75) is 32.5 Å². The van der Waals surface area contributed by atoms with Crippen molar-refractivity contribution in [3.63, 3.8) is 0 Å². The molecule has 0 bridgehead atoms. The smallest absolute Gasteiger partial charge is 0.279 e. The van der Waals surface area contributed by atoms with Crippen molar-refractivity contribution < 1.29 is 0 Å². The molecule has 0 aliphatic heterocycles. The lowest BCUT2D eigenvalue weighted by Gasteiger charge is -2.35. The van der Waals surface area contributed by atoms with Crippen molar-refractivity contribution in [3.8, 4) is 9.97 Å². The van der Waals surface area contributed by atoms with Gasteiger partial charge in [-0.3, -0.25) is 21.8 Å². The third kappa shape index (κ3) is 5.44. The molecule has 3 heteroatoms. The van der Waals surface area contributed by atoms with Gasteiger partial charge in [0.1, 0.15) is 0 Å². The topological polar surface area (TPSA) is 3.24 Å². The van der Waals surface area contributed by atoms with Gasteiger partial charge in [-0.25, -0.2) is 0 Å². The van der Waals surface area contributed by atoms with Gasteiger partial charge in [-0.1, -0.05) is 60.7 Å². The van der Waals surface area contributed by atoms with E-state index in [4.69, 9.17) is 0 Å². The summed E-state index contributed by atoms with van der Waals surface area (Å²) in [5.74, 6) is 3.44. The maximum absolute atomic E-state index is 3.53. The van der Waals surface area contributed by atoms with Crippen molar-refractivity contribution in [1.29, 1.82) is 0 Å². The van der Waals surface area contributed by atoms with Gasteiger partial charge in [0.2, 0.25) is 0 Å². The van der Waals surface area contributed by atoms with E-state index in [1.165, 1.54) is 11.1 Å². The Kier molecular flexibility index (Phi) is 6.97. The molecule has 0 spiro atoms. The summed E-state index contributed by atoms with van der Waals surface area (Å²) in [4.78, 5) is 2.45. The Hall–Kier alpha value is -0.794. The minimum Gasteiger partial charge on any atom is -0.279 e. The van der Waals surface area contributed by atoms with Crippen LogP contribution >= 0.6 is 12.9 Å². The Balaban J connectivity index is 2.24. The van der Waals surface area contributed by atoms with E-state index in [-0.39, 0.29) is 5.54 Å². The van der Waals surface area contributed by atoms with Crippen LogP contribution in [0.2, 0.25) is 0 Å². The number of nitrogens with zero attached hydrogens (tertiary/aromatic N) is 1. The maximum Gasteiger partial charge on any atom is 0.569 e. The molecule has 0 unspecified atom stereocenters. The molecule has 2 aromatic carbocycles. The van der Waals surface area contributed by atoms with E-state index in [0.29, 0.717) is 0 Å². The highest BCUT2D eigenvalue weighted by atomic mass is 79.9. The third-order valence-corrected chi connectivity index (χ3v) is 4.84. The quantitative estimate of drug-likeness (QED) is 0.558. The van der Waals surface area contributed by atoms with Crippen LogP contribution in [-0.2, 0) is 13.1 Å². The van der Waals surface area contributed by atoms with E-state index >= 15 is 0 Å². The lowest BCUT2D eigenvalue weighted by atomic mass is 10.0. The van der Waals surface area contributed by atoms with E-state index in [0.717, 1.165) is 13.1 Å². The standard InChI is InChI=1S/C19H20N.BrH.Mg/c1-4-19(2,3)20(15-17-11-7-5-8-12-17)16-18-13-9-6-10-14-18;;/h5-14H,15-16H2,2-3H3;1H;/q;;+1/p-1. The van der Waals surface area contributed by atoms with Crippen LogP contribution in [-0.4, -0.2) is 28.6 Å². The van der Waals surface area contributed by atoms with Crippen LogP contribution in [0.4, 0.5) is 0 Å². The molecule has 1 nitrogen and oxygen atoms in total. The van der Waals surface area contributed by atoms with Crippen LogP contribution in [0.5, 0.6) is 0 Å². The van der Waals surface area contributed by atoms with Crippen LogP contribution in [0, 0.1) is 9.97 Å². The average molecular weight is 367 g/mol. The summed E-state index contributed by atoms with van der Waals surface area (Å²) in [7, 11) is 0. The summed E-state index contributed by atoms with van der Waals surface area (Å²) in [6.45, 7) is 6.23. The van der Waals surface area contributed by atoms with Gasteiger partial charge in [-0.2, -0.15) is 0 Å². The lowest BCUT2D eigenvalue weighted by Crippen LogP contribution is -2.41. The number of halogens is 1. The van der Waals surface area contributed by atoms with Crippen molar-refractivity contribution in [2.75, 3.05) is 0 Å². The van der Waals surface area contributed by atoms with Gasteiger partial charge >= 0.3 is 18.2 Å². The first-order chi connectivity index (χ1) is 10.6. The molecule has 0 amide bonds. The second-order valence-corrected chi connectivity index (χ2v) is 8.12. The maximum atomic E-state index is 3.53. The molecule has 0 radical (unpaired) electrons. The molecule has 2 rings (SSSR count). The lowest BCUT2D eigenvalue weighted by molar-refractivity contribution is 0.151. The summed E-state index contributed by atoms with van der Waals surface area (Å²) < 4.78 is 3.30. The SMILES string of the molecule is CC(C)(C#[C][Mg][Br])N(Cc1ccccc1)Cc1ccccc1. The van der Waals surface area contributed by atoms with E-state index < -0.39 is 18.2 Å². The molecule has 0 saturated heterocycles. The van der Waals surface area contributed by atoms with Gasteiger partial charge in [0.05, 0.1) is 5.54 Å². The van der Waals surface area contributed by atoms with Gasteiger partial charge in [0, 0.05) is 13.1 Å². The number of rotatable bonds is 5. The summed E-state index contributed by atoms with van der Waals surface area (Å²) >= 11 is 3.12. The zero-order valence-electron chi connectivity index (χ0n) is 13.2. The van der Waals surface area contributed by atoms with E-state index in [1.54, 1.807) is 0 Å². The molecular formula is C19H20BrMgN. The predicted molar refractivity (Wildman–Crippen MR) is 98.7 cm³/mol. The fourth-order valence-electron chi connectivity index (χ4n) is 2.39. The molecule has 0 N–H and O–H groups in total. The third-order valence-electron chi connectivity index (χ3n) is 3.68. The molecule has 0 aliphatic carbocycles. The Morgan fingerprint density at radius 2 is 1.36 bits per heavy atom. The molecule has 0 saturated carbocycles. The molecule has 22 heavy (non-hydrogen) atoms. The van der Waals surface area contributed by atoms with Gasteiger partial charge in [-0.15, -0.1) is 5.92 Å². The zero-order chi connectivity index (χ0) is 15.8. The predicted octanol–water partition coefficient (Wildman–Crippen LogP) is 4.44. The van der Waals surface area contributed by atoms with Gasteiger partial charge in [-0.05, 0) is 25.0 Å². The minimum atomic E-state index is -0.414. The van der Waals surface area contributed by atoms with Crippen LogP contribution in [0.3, 0.4) is 0 Å². The van der Waals surface area contributed by atoms with Crippen LogP contribution < -0.4 is 0 Å². The molecule has 2 aromatic rings. The number of benzene rings is 2. The molecular weight excluding hydrogens is 346 g/mol. The van der Waals surface area contributed by atoms with Crippen molar-refractivity contribution in [1.82, 2.24) is 4.90 Å². The number of hydrogen-bond acceptors (Lipinski definition) is 1. The summed E-state index contributed by atoms with van der Waals surface area (Å²) in [6, 6.07) is 21.2. The fraction of sp³-hybridized carbons (Fsp3) is 0.263. The van der Waals surface area contributed by atoms with Gasteiger partial charge < -0.3 is 0 Å². The van der Waals surface area contributed by atoms with E-state index in [1.807, 2.05) is 0 Å². The molecule has 0 aliphatic rings. The monoisotopic (exact) mass is 365 g/mol. The Bertz CT molecular complexity index is 587. The number of hydrogen-bond donors (Lipinski definition) is 0. The van der Waals surface area contributed by atoms with E-state index in [9.17, 15) is 0 Å². The highest BCUT2D eigenvalue weighted by Crippen LogP contribution is 2.20. The first-order valence-corrected chi connectivity index (χ1v) is 12.1. The summed E-state index contributed by atoms with van der Waals surface area (Å²) in [6.07, 6.45) is 0. The second-order valence-electron chi connectivity index (χ2n) is 5.82. The van der Waals surface area contributed by atoms with Crippen molar-refractivity contribution >= 4 is 31.1 Å². The molecule has 0 fully saturated rings. The van der Waals surface area contributed by atoms with Crippen LogP contribution in [0.1, 0.15) is 25.0 Å². The normalized spacial score (nSPS) is 10.7. The largest absolute Gasteiger partial charge is 0.569 e. The Morgan fingerprint density at radius 3 is 1.77 bits per heavy atom. The zero-order valence-corrected chi connectivity index (χ0v) is 16.2. The van der Waals surface area contributed by atoms with E-state index in [2.05, 4.69) is 102 Å². The molecule has 0 atom stereocenters. The first-order valence-electron chi connectivity index (χ1n) is 7.51. The molecule has 0 heterocycles. The Morgan fingerprint density at radius 1 is 0.909 bits per heavy atom. The minimum absolute atomic E-state index is 0.146. The second kappa shape index (κ2) is 8.74. The fourth-order valence-corrected chi connectivity index (χ4v) is 3.31. The molecule has 110 valence electrons. The van der Waals surface area contributed by atoms with Crippen molar-refractivity contribution in [2.24, 2.45) is 0 Å². The van der Waals surface area contributed by atoms with Crippen LogP contribution in [0.15, 0.2) is 60.7 Å². The van der Waals surface area contributed by atoms with Gasteiger partial charge in [0.15, 0.2) is 0 Å². The Labute approximate surface area is 149 Å². The first kappa shape index (κ1) is 17.6. The van der Waals surface area contributed by atoms with Crippen molar-refractivity contribution in [3.05, 3.63) is 71.8 Å². The summed E-state index contributed by atoms with van der Waals surface area (Å²) in [5, 5.41) is 0. The molecule has 0 aromatic heterocycles.